The number of nitrogens with zero attached hydrogens (tertiary/aromatic N) is 5. The smallest absolute Gasteiger partial charge is 0.229 e. The molecule has 0 saturated carbocycles. The lowest BCUT2D eigenvalue weighted by Crippen LogP contribution is -2.44. The van der Waals surface area contributed by atoms with Crippen molar-refractivity contribution >= 4 is 22.8 Å². The fraction of sp³-hybridized carbons (Fsp3) is 0.500. The normalized spacial score (nSPS) is 23.0. The molecular weight excluding hydrogens is 430 g/mol. The number of anilines is 2. The summed E-state index contributed by atoms with van der Waals surface area (Å²) < 4.78 is 11.0. The summed E-state index contributed by atoms with van der Waals surface area (Å²) in [6, 6.07) is 10.8. The molecule has 0 radical (unpaired) electrons. The zero-order valence-corrected chi connectivity index (χ0v) is 20.4. The number of aliphatic hydroxyl groups is 1. The Bertz CT molecular complexity index is 1180. The average molecular weight is 464 g/mol. The van der Waals surface area contributed by atoms with Crippen LogP contribution in [-0.2, 0) is 11.3 Å². The maximum Gasteiger partial charge on any atom is 0.229 e. The molecule has 0 aliphatic carbocycles. The Labute approximate surface area is 200 Å². The molecule has 3 atom stereocenters. The van der Waals surface area contributed by atoms with E-state index in [4.69, 9.17) is 24.4 Å². The van der Waals surface area contributed by atoms with Crippen LogP contribution < -0.4 is 14.5 Å². The third-order valence-corrected chi connectivity index (χ3v) is 7.10. The summed E-state index contributed by atoms with van der Waals surface area (Å²) in [5, 5.41) is 10.7. The fourth-order valence-corrected chi connectivity index (χ4v) is 5.17. The van der Waals surface area contributed by atoms with Crippen LogP contribution in [0.3, 0.4) is 0 Å². The summed E-state index contributed by atoms with van der Waals surface area (Å²) in [5.41, 5.74) is 3.13. The maximum absolute atomic E-state index is 9.76. The van der Waals surface area contributed by atoms with E-state index in [1.807, 2.05) is 24.3 Å². The molecule has 8 heteroatoms. The third-order valence-electron chi connectivity index (χ3n) is 7.10. The zero-order chi connectivity index (χ0) is 23.8. The molecule has 2 unspecified atom stereocenters. The standard InChI is InChI=1S/C26H33N5O3/c1-16-5-6-17(2)31(16)26-28-24-21(25(29-26)30-11-12-34-15-18(30)3)8-9-22(27-24)19-7-10-23(33-4)20(13-19)14-32/h7-10,13,16-18,32H,5-6,11-12,14-15H2,1-4H3/t16?,17?,18-/m0/s1. The second-order valence-corrected chi connectivity index (χ2v) is 9.40. The SMILES string of the molecule is COc1ccc(-c2ccc3c(N4CCOC[C@@H]4C)nc(N4C(C)CCC4C)nc3n2)cc1CO. The molecule has 2 saturated heterocycles. The van der Waals surface area contributed by atoms with E-state index in [2.05, 4.69) is 36.6 Å². The van der Waals surface area contributed by atoms with E-state index in [9.17, 15) is 5.11 Å². The monoisotopic (exact) mass is 463 g/mol. The number of hydrogen-bond donors (Lipinski definition) is 1. The van der Waals surface area contributed by atoms with Crippen LogP contribution in [0.1, 0.15) is 39.2 Å². The molecule has 4 heterocycles. The van der Waals surface area contributed by atoms with Gasteiger partial charge in [-0.1, -0.05) is 0 Å². The van der Waals surface area contributed by atoms with Crippen LogP contribution in [0.4, 0.5) is 11.8 Å². The van der Waals surface area contributed by atoms with Crippen LogP contribution in [0.15, 0.2) is 30.3 Å². The van der Waals surface area contributed by atoms with Crippen LogP contribution in [0.5, 0.6) is 5.75 Å². The molecule has 5 rings (SSSR count). The highest BCUT2D eigenvalue weighted by molar-refractivity contribution is 5.90. The molecule has 1 N–H and O–H groups in total. The molecule has 2 fully saturated rings. The quantitative estimate of drug-likeness (QED) is 0.612. The Hall–Kier alpha value is -2.97. The van der Waals surface area contributed by atoms with Gasteiger partial charge in [-0.3, -0.25) is 0 Å². The molecule has 34 heavy (non-hydrogen) atoms. The van der Waals surface area contributed by atoms with E-state index in [-0.39, 0.29) is 12.6 Å². The second-order valence-electron chi connectivity index (χ2n) is 9.40. The third kappa shape index (κ3) is 4.05. The van der Waals surface area contributed by atoms with Gasteiger partial charge in [0.2, 0.25) is 5.95 Å². The molecule has 180 valence electrons. The highest BCUT2D eigenvalue weighted by Crippen LogP contribution is 2.34. The van der Waals surface area contributed by atoms with Gasteiger partial charge in [-0.15, -0.1) is 0 Å². The number of benzene rings is 1. The number of morpholine rings is 1. The molecule has 2 aromatic heterocycles. The van der Waals surface area contributed by atoms with Crippen LogP contribution in [0.25, 0.3) is 22.3 Å². The van der Waals surface area contributed by atoms with Gasteiger partial charge in [0.25, 0.3) is 0 Å². The van der Waals surface area contributed by atoms with Crippen molar-refractivity contribution in [1.29, 1.82) is 0 Å². The Morgan fingerprint density at radius 3 is 2.53 bits per heavy atom. The maximum atomic E-state index is 9.76. The minimum absolute atomic E-state index is 0.0965. The number of pyridine rings is 1. The van der Waals surface area contributed by atoms with E-state index >= 15 is 0 Å². The summed E-state index contributed by atoms with van der Waals surface area (Å²) in [6.45, 7) is 8.71. The lowest BCUT2D eigenvalue weighted by molar-refractivity contribution is 0.0987. The van der Waals surface area contributed by atoms with Crippen molar-refractivity contribution in [3.05, 3.63) is 35.9 Å². The minimum Gasteiger partial charge on any atom is -0.496 e. The number of fused-ring (bicyclic) bond motifs is 1. The minimum atomic E-state index is -0.0965. The van der Waals surface area contributed by atoms with Gasteiger partial charge in [0.05, 0.1) is 44.1 Å². The Kier molecular flexibility index (Phi) is 6.27. The topological polar surface area (TPSA) is 83.8 Å². The first-order valence-corrected chi connectivity index (χ1v) is 12.1. The van der Waals surface area contributed by atoms with Crippen molar-refractivity contribution in [3.63, 3.8) is 0 Å². The molecule has 2 aliphatic heterocycles. The number of rotatable bonds is 5. The highest BCUT2D eigenvalue weighted by atomic mass is 16.5. The van der Waals surface area contributed by atoms with Gasteiger partial charge in [-0.05, 0) is 63.9 Å². The van der Waals surface area contributed by atoms with Gasteiger partial charge < -0.3 is 24.4 Å². The number of aliphatic hydroxyl groups excluding tert-OH is 1. The van der Waals surface area contributed by atoms with Gasteiger partial charge in [0.15, 0.2) is 5.65 Å². The molecule has 3 aromatic rings. The van der Waals surface area contributed by atoms with Crippen molar-refractivity contribution in [2.75, 3.05) is 36.7 Å². The van der Waals surface area contributed by atoms with Crippen LogP contribution in [-0.4, -0.2) is 65.1 Å². The zero-order valence-electron chi connectivity index (χ0n) is 20.4. The van der Waals surface area contributed by atoms with Crippen LogP contribution in [0, 0.1) is 0 Å². The van der Waals surface area contributed by atoms with Crippen molar-refractivity contribution < 1.29 is 14.6 Å². The van der Waals surface area contributed by atoms with Gasteiger partial charge in [0, 0.05) is 29.8 Å². The lowest BCUT2D eigenvalue weighted by Gasteiger charge is -2.35. The summed E-state index contributed by atoms with van der Waals surface area (Å²) in [5.74, 6) is 2.33. The van der Waals surface area contributed by atoms with E-state index in [0.717, 1.165) is 53.4 Å². The molecule has 1 aromatic carbocycles. The number of ether oxygens (including phenoxy) is 2. The van der Waals surface area contributed by atoms with Gasteiger partial charge in [0.1, 0.15) is 11.6 Å². The second kappa shape index (κ2) is 9.35. The molecular formula is C26H33N5O3. The Morgan fingerprint density at radius 1 is 1.03 bits per heavy atom. The lowest BCUT2D eigenvalue weighted by atomic mass is 10.1. The van der Waals surface area contributed by atoms with E-state index in [0.29, 0.717) is 36.7 Å². The predicted octanol–water partition coefficient (Wildman–Crippen LogP) is 3.80. The van der Waals surface area contributed by atoms with Gasteiger partial charge >= 0.3 is 0 Å². The molecule has 8 nitrogen and oxygen atoms in total. The van der Waals surface area contributed by atoms with Crippen molar-refractivity contribution in [2.45, 2.75) is 58.3 Å². The first kappa shape index (κ1) is 22.8. The summed E-state index contributed by atoms with van der Waals surface area (Å²) in [7, 11) is 1.61. The Morgan fingerprint density at radius 2 is 1.82 bits per heavy atom. The summed E-state index contributed by atoms with van der Waals surface area (Å²) in [4.78, 5) is 19.7. The first-order valence-electron chi connectivity index (χ1n) is 12.1. The van der Waals surface area contributed by atoms with E-state index < -0.39 is 0 Å². The molecule has 0 spiro atoms. The van der Waals surface area contributed by atoms with Crippen LogP contribution >= 0.6 is 0 Å². The van der Waals surface area contributed by atoms with Crippen molar-refractivity contribution in [1.82, 2.24) is 15.0 Å². The number of methoxy groups -OCH3 is 1. The highest BCUT2D eigenvalue weighted by Gasteiger charge is 2.31. The summed E-state index contributed by atoms with van der Waals surface area (Å²) in [6.07, 6.45) is 2.27. The Balaban J connectivity index is 1.65. The van der Waals surface area contributed by atoms with Gasteiger partial charge in [-0.25, -0.2) is 4.98 Å². The largest absolute Gasteiger partial charge is 0.496 e. The average Bonchev–Trinajstić information content (AvgIpc) is 3.20. The number of hydrogen-bond acceptors (Lipinski definition) is 8. The van der Waals surface area contributed by atoms with Crippen LogP contribution in [0.2, 0.25) is 0 Å². The summed E-state index contributed by atoms with van der Waals surface area (Å²) >= 11 is 0. The van der Waals surface area contributed by atoms with Crippen molar-refractivity contribution in [3.8, 4) is 17.0 Å². The van der Waals surface area contributed by atoms with E-state index in [1.165, 1.54) is 0 Å². The fourth-order valence-electron chi connectivity index (χ4n) is 5.17. The van der Waals surface area contributed by atoms with Gasteiger partial charge in [-0.2, -0.15) is 9.97 Å². The molecule has 2 aliphatic rings. The molecule has 0 amide bonds. The van der Waals surface area contributed by atoms with E-state index in [1.54, 1.807) is 7.11 Å². The number of aromatic nitrogens is 3. The molecule has 0 bridgehead atoms. The van der Waals surface area contributed by atoms with Crippen molar-refractivity contribution in [2.24, 2.45) is 0 Å². The first-order chi connectivity index (χ1) is 16.5. The predicted molar refractivity (Wildman–Crippen MR) is 134 cm³/mol.